The predicted molar refractivity (Wildman–Crippen MR) is 133 cm³/mol. The van der Waals surface area contributed by atoms with Crippen molar-refractivity contribution in [3.63, 3.8) is 0 Å². The minimum atomic E-state index is -0.211. The lowest BCUT2D eigenvalue weighted by Gasteiger charge is -2.22. The summed E-state index contributed by atoms with van der Waals surface area (Å²) in [5.41, 5.74) is 1.81. The van der Waals surface area contributed by atoms with Crippen molar-refractivity contribution < 1.29 is 14.4 Å². The van der Waals surface area contributed by atoms with Gasteiger partial charge in [0.15, 0.2) is 5.13 Å². The Kier molecular flexibility index (Phi) is 7.66. The predicted octanol–water partition coefficient (Wildman–Crippen LogP) is 4.34. The van der Waals surface area contributed by atoms with E-state index < -0.39 is 0 Å². The van der Waals surface area contributed by atoms with Gasteiger partial charge in [-0.25, -0.2) is 4.98 Å². The summed E-state index contributed by atoms with van der Waals surface area (Å²) in [4.78, 5) is 46.9. The second-order valence-electron chi connectivity index (χ2n) is 7.54. The summed E-state index contributed by atoms with van der Waals surface area (Å²) in [7, 11) is 3.91. The van der Waals surface area contributed by atoms with Gasteiger partial charge in [-0.15, -0.1) is 12.4 Å². The van der Waals surface area contributed by atoms with Crippen molar-refractivity contribution in [1.82, 2.24) is 9.88 Å². The maximum Gasteiger partial charge on any atom is 0.260 e. The van der Waals surface area contributed by atoms with Gasteiger partial charge in [0.25, 0.3) is 5.91 Å². The topological polar surface area (TPSA) is 73.8 Å². The first kappa shape index (κ1) is 24.3. The fourth-order valence-electron chi connectivity index (χ4n) is 3.36. The quantitative estimate of drug-likeness (QED) is 0.437. The Morgan fingerprint density at radius 3 is 2.34 bits per heavy atom. The molecule has 168 valence electrons. The standard InChI is InChI=1S/C22H21BrN4O3S.ClH/c1-25(2)11-12-26(22-24-17-8-5-15(23)13-18(17)31-22)21(30)14-3-6-16(7-4-14)27-19(28)9-10-20(27)29;/h3-8,13H,9-12H2,1-2H3;1H. The number of hydrogen-bond acceptors (Lipinski definition) is 6. The number of benzene rings is 2. The van der Waals surface area contributed by atoms with E-state index in [4.69, 9.17) is 0 Å². The Hall–Kier alpha value is -2.33. The zero-order valence-electron chi connectivity index (χ0n) is 17.6. The molecule has 0 bridgehead atoms. The van der Waals surface area contributed by atoms with Crippen LogP contribution in [0.5, 0.6) is 0 Å². The van der Waals surface area contributed by atoms with Crippen molar-refractivity contribution >= 4 is 78.4 Å². The fourth-order valence-corrected chi connectivity index (χ4v) is 4.90. The Bertz CT molecular complexity index is 1150. The van der Waals surface area contributed by atoms with Crippen molar-refractivity contribution in [1.29, 1.82) is 0 Å². The molecule has 7 nitrogen and oxygen atoms in total. The third-order valence-electron chi connectivity index (χ3n) is 5.01. The number of amides is 3. The van der Waals surface area contributed by atoms with Crippen molar-refractivity contribution in [3.8, 4) is 0 Å². The van der Waals surface area contributed by atoms with Gasteiger partial charge in [0.05, 0.1) is 15.9 Å². The van der Waals surface area contributed by atoms with Crippen LogP contribution in [0.2, 0.25) is 0 Å². The molecule has 0 radical (unpaired) electrons. The molecule has 1 aliphatic rings. The number of carbonyl (C=O) groups is 3. The first-order valence-corrected chi connectivity index (χ1v) is 11.4. The minimum Gasteiger partial charge on any atom is -0.308 e. The molecule has 0 atom stereocenters. The molecule has 10 heteroatoms. The third-order valence-corrected chi connectivity index (χ3v) is 6.54. The van der Waals surface area contributed by atoms with E-state index in [1.807, 2.05) is 37.2 Å². The molecule has 3 aromatic rings. The highest BCUT2D eigenvalue weighted by molar-refractivity contribution is 9.10. The molecule has 0 aliphatic carbocycles. The van der Waals surface area contributed by atoms with Crippen LogP contribution in [0.15, 0.2) is 46.9 Å². The van der Waals surface area contributed by atoms with Gasteiger partial charge in [0.1, 0.15) is 0 Å². The van der Waals surface area contributed by atoms with Gasteiger partial charge in [-0.05, 0) is 56.6 Å². The number of imide groups is 1. The lowest BCUT2D eigenvalue weighted by molar-refractivity contribution is -0.121. The normalized spacial score (nSPS) is 13.7. The molecule has 32 heavy (non-hydrogen) atoms. The first-order valence-electron chi connectivity index (χ1n) is 9.82. The molecule has 2 aromatic carbocycles. The van der Waals surface area contributed by atoms with Crippen molar-refractivity contribution in [2.45, 2.75) is 12.8 Å². The summed E-state index contributed by atoms with van der Waals surface area (Å²) >= 11 is 4.94. The maximum atomic E-state index is 13.4. The monoisotopic (exact) mass is 536 g/mol. The maximum absolute atomic E-state index is 13.4. The van der Waals surface area contributed by atoms with E-state index in [-0.39, 0.29) is 43.0 Å². The SMILES string of the molecule is CN(C)CCN(C(=O)c1ccc(N2C(=O)CCC2=O)cc1)c1nc2ccc(Br)cc2s1.Cl. The molecule has 0 saturated carbocycles. The van der Waals surface area contributed by atoms with E-state index in [2.05, 4.69) is 20.9 Å². The Labute approximate surface area is 204 Å². The van der Waals surface area contributed by atoms with E-state index in [1.54, 1.807) is 29.2 Å². The van der Waals surface area contributed by atoms with E-state index in [9.17, 15) is 14.4 Å². The fraction of sp³-hybridized carbons (Fsp3) is 0.273. The number of anilines is 2. The number of rotatable bonds is 6. The van der Waals surface area contributed by atoms with Crippen molar-refractivity contribution in [2.24, 2.45) is 0 Å². The Morgan fingerprint density at radius 1 is 1.06 bits per heavy atom. The number of hydrogen-bond donors (Lipinski definition) is 0. The van der Waals surface area contributed by atoms with Gasteiger partial charge in [-0.2, -0.15) is 0 Å². The summed E-state index contributed by atoms with van der Waals surface area (Å²) in [6.45, 7) is 1.16. The lowest BCUT2D eigenvalue weighted by Crippen LogP contribution is -2.36. The smallest absolute Gasteiger partial charge is 0.260 e. The Balaban J connectivity index is 0.00000289. The minimum absolute atomic E-state index is 0. The number of carbonyl (C=O) groups excluding carboxylic acids is 3. The number of halogens is 2. The van der Waals surface area contributed by atoms with Crippen LogP contribution in [-0.4, -0.2) is 54.8 Å². The van der Waals surface area contributed by atoms with Gasteiger partial charge in [-0.1, -0.05) is 27.3 Å². The second kappa shape index (κ2) is 10.1. The first-order chi connectivity index (χ1) is 14.8. The van der Waals surface area contributed by atoms with Crippen LogP contribution < -0.4 is 9.80 Å². The highest BCUT2D eigenvalue weighted by Crippen LogP contribution is 2.32. The highest BCUT2D eigenvalue weighted by Gasteiger charge is 2.30. The van der Waals surface area contributed by atoms with E-state index >= 15 is 0 Å². The van der Waals surface area contributed by atoms with Crippen LogP contribution in [-0.2, 0) is 9.59 Å². The summed E-state index contributed by atoms with van der Waals surface area (Å²) in [5, 5.41) is 0.633. The number of likely N-dealkylation sites (N-methyl/N-ethyl adjacent to an activating group) is 1. The van der Waals surface area contributed by atoms with Gasteiger partial charge in [0, 0.05) is 36.0 Å². The molecule has 1 aromatic heterocycles. The number of aromatic nitrogens is 1. The molecule has 2 heterocycles. The molecule has 0 unspecified atom stereocenters. The van der Waals surface area contributed by atoms with E-state index in [1.165, 1.54) is 16.2 Å². The average Bonchev–Trinajstić information content (AvgIpc) is 3.30. The van der Waals surface area contributed by atoms with E-state index in [0.29, 0.717) is 29.5 Å². The van der Waals surface area contributed by atoms with Crippen LogP contribution in [0.1, 0.15) is 23.2 Å². The molecule has 3 amide bonds. The number of thiazole rings is 1. The molecule has 0 spiro atoms. The molecule has 4 rings (SSSR count). The van der Waals surface area contributed by atoms with Crippen LogP contribution in [0.3, 0.4) is 0 Å². The molecule has 1 saturated heterocycles. The summed E-state index contributed by atoms with van der Waals surface area (Å²) in [6.07, 6.45) is 0.455. The van der Waals surface area contributed by atoms with Gasteiger partial charge in [0.2, 0.25) is 11.8 Å². The third kappa shape index (κ3) is 5.01. The van der Waals surface area contributed by atoms with Crippen LogP contribution >= 0.6 is 39.7 Å². The average molecular weight is 538 g/mol. The second-order valence-corrected chi connectivity index (χ2v) is 9.46. The van der Waals surface area contributed by atoms with Crippen LogP contribution in [0.4, 0.5) is 10.8 Å². The lowest BCUT2D eigenvalue weighted by atomic mass is 10.1. The molecule has 1 fully saturated rings. The summed E-state index contributed by atoms with van der Waals surface area (Å²) < 4.78 is 1.95. The summed E-state index contributed by atoms with van der Waals surface area (Å²) in [5.74, 6) is -0.597. The Morgan fingerprint density at radius 2 is 1.72 bits per heavy atom. The van der Waals surface area contributed by atoms with Gasteiger partial charge in [-0.3, -0.25) is 24.2 Å². The summed E-state index contributed by atoms with van der Waals surface area (Å²) in [6, 6.07) is 12.4. The number of nitrogens with zero attached hydrogens (tertiary/aromatic N) is 4. The largest absolute Gasteiger partial charge is 0.308 e. The van der Waals surface area contributed by atoms with Crippen molar-refractivity contribution in [2.75, 3.05) is 37.0 Å². The number of fused-ring (bicyclic) bond motifs is 1. The molecule has 1 aliphatic heterocycles. The van der Waals surface area contributed by atoms with Crippen LogP contribution in [0.25, 0.3) is 10.2 Å². The molecular weight excluding hydrogens is 516 g/mol. The zero-order chi connectivity index (χ0) is 22.1. The molecular formula is C22H22BrClN4O3S. The zero-order valence-corrected chi connectivity index (χ0v) is 20.8. The van der Waals surface area contributed by atoms with Crippen LogP contribution in [0, 0.1) is 0 Å². The highest BCUT2D eigenvalue weighted by atomic mass is 79.9. The van der Waals surface area contributed by atoms with E-state index in [0.717, 1.165) is 14.7 Å². The molecule has 0 N–H and O–H groups in total. The van der Waals surface area contributed by atoms with Crippen molar-refractivity contribution in [3.05, 3.63) is 52.5 Å². The van der Waals surface area contributed by atoms with Gasteiger partial charge < -0.3 is 4.90 Å². The van der Waals surface area contributed by atoms with Gasteiger partial charge >= 0.3 is 0 Å².